The molecule has 16 heavy (non-hydrogen) atoms. The molecule has 0 saturated heterocycles. The molecule has 1 nitrogen and oxygen atoms in total. The molecule has 2 rings (SSSR count). The Hall–Kier alpha value is -1.11. The number of hydrogen-bond acceptors (Lipinski definition) is 1. The molecule has 86 valence electrons. The number of aryl methyl sites for hydroxylation is 2. The van der Waals surface area contributed by atoms with Crippen LogP contribution in [0.25, 0.3) is 0 Å². The monoisotopic (exact) mass is 216 g/mol. The van der Waals surface area contributed by atoms with Crippen molar-refractivity contribution >= 4 is 5.78 Å². The Morgan fingerprint density at radius 3 is 2.62 bits per heavy atom. The molecule has 0 amide bonds. The third kappa shape index (κ3) is 2.18. The van der Waals surface area contributed by atoms with Crippen molar-refractivity contribution < 1.29 is 4.79 Å². The van der Waals surface area contributed by atoms with Crippen LogP contribution in [0, 0.1) is 0 Å². The summed E-state index contributed by atoms with van der Waals surface area (Å²) in [5.41, 5.74) is 4.28. The van der Waals surface area contributed by atoms with Crippen LogP contribution >= 0.6 is 0 Å². The highest BCUT2D eigenvalue weighted by Gasteiger charge is 2.24. The summed E-state index contributed by atoms with van der Waals surface area (Å²) < 4.78 is 0. The van der Waals surface area contributed by atoms with E-state index in [4.69, 9.17) is 0 Å². The van der Waals surface area contributed by atoms with E-state index >= 15 is 0 Å². The van der Waals surface area contributed by atoms with Gasteiger partial charge in [-0.2, -0.15) is 0 Å². The number of hydrogen-bond donors (Lipinski definition) is 0. The van der Waals surface area contributed by atoms with Gasteiger partial charge >= 0.3 is 0 Å². The lowest BCUT2D eigenvalue weighted by molar-refractivity contribution is -0.118. The van der Waals surface area contributed by atoms with Gasteiger partial charge in [-0.05, 0) is 48.3 Å². The maximum Gasteiger partial charge on any atom is 0.130 e. The second kappa shape index (κ2) is 4.04. The van der Waals surface area contributed by atoms with Gasteiger partial charge in [0.1, 0.15) is 5.78 Å². The Labute approximate surface area is 97.9 Å². The first-order chi connectivity index (χ1) is 7.49. The molecule has 0 radical (unpaired) electrons. The maximum atomic E-state index is 11.3. The van der Waals surface area contributed by atoms with Crippen LogP contribution in [0.5, 0.6) is 0 Å². The minimum Gasteiger partial charge on any atom is -0.300 e. The zero-order valence-corrected chi connectivity index (χ0v) is 10.5. The fourth-order valence-corrected chi connectivity index (χ4v) is 2.72. The first kappa shape index (κ1) is 11.4. The predicted octanol–water partition coefficient (Wildman–Crippen LogP) is 3.43. The molecule has 1 aliphatic rings. The highest BCUT2D eigenvalue weighted by molar-refractivity contribution is 5.77. The number of Topliss-reactive ketones (excluding diaryl/α,β-unsaturated/α-hetero) is 1. The quantitative estimate of drug-likeness (QED) is 0.756. The van der Waals surface area contributed by atoms with Crippen LogP contribution in [0.2, 0.25) is 0 Å². The van der Waals surface area contributed by atoms with Crippen LogP contribution in [0.3, 0.4) is 0 Å². The van der Waals surface area contributed by atoms with Crippen LogP contribution in [0.4, 0.5) is 0 Å². The summed E-state index contributed by atoms with van der Waals surface area (Å²) in [4.78, 5) is 11.3. The fourth-order valence-electron chi connectivity index (χ4n) is 2.72. The number of carbonyl (C=O) groups is 1. The van der Waals surface area contributed by atoms with Gasteiger partial charge in [-0.3, -0.25) is 4.79 Å². The molecule has 1 aliphatic carbocycles. The van der Waals surface area contributed by atoms with Crippen LogP contribution < -0.4 is 0 Å². The van der Waals surface area contributed by atoms with E-state index in [2.05, 4.69) is 32.0 Å². The Balaban J connectivity index is 2.30. The SMILES string of the molecule is CC(=O)CC(C)(C)c1ccc2c(c1)CCC2. The molecule has 0 aliphatic heterocycles. The van der Waals surface area contributed by atoms with E-state index in [-0.39, 0.29) is 11.2 Å². The van der Waals surface area contributed by atoms with Crippen molar-refractivity contribution in [1.29, 1.82) is 0 Å². The summed E-state index contributed by atoms with van der Waals surface area (Å²) in [6.07, 6.45) is 4.35. The number of ketones is 1. The second-order valence-electron chi connectivity index (χ2n) is 5.60. The van der Waals surface area contributed by atoms with E-state index in [1.54, 1.807) is 6.92 Å². The lowest BCUT2D eigenvalue weighted by atomic mass is 9.79. The molecule has 0 aromatic heterocycles. The van der Waals surface area contributed by atoms with Crippen molar-refractivity contribution in [3.05, 3.63) is 34.9 Å². The minimum absolute atomic E-state index is 0.0244. The van der Waals surface area contributed by atoms with Crippen LogP contribution in [0.1, 0.15) is 50.3 Å². The number of fused-ring (bicyclic) bond motifs is 1. The summed E-state index contributed by atoms with van der Waals surface area (Å²) in [6, 6.07) is 6.76. The molecular formula is C15H20O. The Bertz CT molecular complexity index is 415. The van der Waals surface area contributed by atoms with Gasteiger partial charge in [0.05, 0.1) is 0 Å². The van der Waals surface area contributed by atoms with Gasteiger partial charge in [0.25, 0.3) is 0 Å². The van der Waals surface area contributed by atoms with Crippen molar-refractivity contribution in [2.45, 2.75) is 51.9 Å². The number of rotatable bonds is 3. The van der Waals surface area contributed by atoms with Gasteiger partial charge in [0, 0.05) is 6.42 Å². The molecule has 1 heteroatoms. The Morgan fingerprint density at radius 2 is 1.94 bits per heavy atom. The number of carbonyl (C=O) groups excluding carboxylic acids is 1. The zero-order valence-electron chi connectivity index (χ0n) is 10.5. The second-order valence-corrected chi connectivity index (χ2v) is 5.60. The third-order valence-corrected chi connectivity index (χ3v) is 3.57. The minimum atomic E-state index is -0.0244. The van der Waals surface area contributed by atoms with E-state index in [0.717, 1.165) is 0 Å². The summed E-state index contributed by atoms with van der Waals surface area (Å²) >= 11 is 0. The topological polar surface area (TPSA) is 17.1 Å². The molecule has 0 unspecified atom stereocenters. The summed E-state index contributed by atoms with van der Waals surface area (Å²) in [7, 11) is 0. The van der Waals surface area contributed by atoms with Gasteiger partial charge in [0.15, 0.2) is 0 Å². The molecular weight excluding hydrogens is 196 g/mol. The van der Waals surface area contributed by atoms with Crippen molar-refractivity contribution in [1.82, 2.24) is 0 Å². The average molecular weight is 216 g/mol. The van der Waals surface area contributed by atoms with Crippen LogP contribution in [-0.2, 0) is 23.1 Å². The molecule has 0 fully saturated rings. The summed E-state index contributed by atoms with van der Waals surface area (Å²) in [6.45, 7) is 5.99. The highest BCUT2D eigenvalue weighted by Crippen LogP contribution is 2.31. The molecule has 0 saturated carbocycles. The van der Waals surface area contributed by atoms with Gasteiger partial charge in [-0.25, -0.2) is 0 Å². The average Bonchev–Trinajstić information content (AvgIpc) is 2.61. The maximum absolute atomic E-state index is 11.3. The van der Waals surface area contributed by atoms with Crippen LogP contribution in [-0.4, -0.2) is 5.78 Å². The van der Waals surface area contributed by atoms with Crippen molar-refractivity contribution in [2.75, 3.05) is 0 Å². The Kier molecular flexibility index (Phi) is 2.88. The highest BCUT2D eigenvalue weighted by atomic mass is 16.1. The molecule has 0 atom stereocenters. The first-order valence-corrected chi connectivity index (χ1v) is 6.11. The van der Waals surface area contributed by atoms with E-state index in [1.807, 2.05) is 0 Å². The van der Waals surface area contributed by atoms with E-state index < -0.39 is 0 Å². The van der Waals surface area contributed by atoms with Gasteiger partial charge in [-0.1, -0.05) is 32.0 Å². The zero-order chi connectivity index (χ0) is 11.8. The molecule has 0 spiro atoms. The summed E-state index contributed by atoms with van der Waals surface area (Å²) in [5, 5.41) is 0. The van der Waals surface area contributed by atoms with Gasteiger partial charge in [0.2, 0.25) is 0 Å². The lowest BCUT2D eigenvalue weighted by Crippen LogP contribution is -2.20. The normalized spacial score (nSPS) is 14.9. The molecule has 1 aromatic rings. The molecule has 0 bridgehead atoms. The van der Waals surface area contributed by atoms with Gasteiger partial charge in [-0.15, -0.1) is 0 Å². The largest absolute Gasteiger partial charge is 0.300 e. The first-order valence-electron chi connectivity index (χ1n) is 6.11. The smallest absolute Gasteiger partial charge is 0.130 e. The van der Waals surface area contributed by atoms with Crippen LogP contribution in [0.15, 0.2) is 18.2 Å². The molecule has 0 N–H and O–H groups in total. The standard InChI is InChI=1S/C15H20O/c1-11(16)10-15(2,3)14-8-7-12-5-4-6-13(12)9-14/h7-9H,4-6,10H2,1-3H3. The van der Waals surface area contributed by atoms with E-state index in [9.17, 15) is 4.79 Å². The van der Waals surface area contributed by atoms with Crippen molar-refractivity contribution in [3.63, 3.8) is 0 Å². The van der Waals surface area contributed by atoms with E-state index in [0.29, 0.717) is 6.42 Å². The lowest BCUT2D eigenvalue weighted by Gasteiger charge is -2.24. The van der Waals surface area contributed by atoms with Crippen molar-refractivity contribution in [2.24, 2.45) is 0 Å². The van der Waals surface area contributed by atoms with Crippen molar-refractivity contribution in [3.8, 4) is 0 Å². The van der Waals surface area contributed by atoms with Gasteiger partial charge < -0.3 is 0 Å². The number of benzene rings is 1. The predicted molar refractivity (Wildman–Crippen MR) is 66.8 cm³/mol. The molecule has 0 heterocycles. The molecule has 1 aromatic carbocycles. The third-order valence-electron chi connectivity index (χ3n) is 3.57. The fraction of sp³-hybridized carbons (Fsp3) is 0.533. The summed E-state index contributed by atoms with van der Waals surface area (Å²) in [5.74, 6) is 0.269. The Morgan fingerprint density at radius 1 is 1.25 bits per heavy atom. The van der Waals surface area contributed by atoms with E-state index in [1.165, 1.54) is 36.0 Å².